The van der Waals surface area contributed by atoms with E-state index in [-0.39, 0.29) is 12.2 Å². The summed E-state index contributed by atoms with van der Waals surface area (Å²) in [5.74, 6) is -9.03. The summed E-state index contributed by atoms with van der Waals surface area (Å²) in [6, 6.07) is -6.07. The van der Waals surface area contributed by atoms with Crippen LogP contribution in [-0.4, -0.2) is 91.9 Å². The largest absolute Gasteiger partial charge is 0.481 e. The van der Waals surface area contributed by atoms with E-state index in [4.69, 9.17) is 26.2 Å². The molecule has 0 radical (unpaired) electrons. The van der Waals surface area contributed by atoms with Crippen LogP contribution in [0.1, 0.15) is 32.1 Å². The van der Waals surface area contributed by atoms with E-state index in [1.807, 2.05) is 5.32 Å². The third-order valence-electron chi connectivity index (χ3n) is 4.09. The Hall–Kier alpha value is -3.40. The first kappa shape index (κ1) is 29.6. The summed E-state index contributed by atoms with van der Waals surface area (Å²) in [6.45, 7) is 0. The lowest BCUT2D eigenvalue weighted by molar-refractivity contribution is -0.144. The molecule has 3 amide bonds. The summed E-state index contributed by atoms with van der Waals surface area (Å²) in [5.41, 5.74) is 5.55. The first-order valence-corrected chi connectivity index (χ1v) is 10.1. The molecule has 0 aliphatic rings. The van der Waals surface area contributed by atoms with Gasteiger partial charge in [0.1, 0.15) is 18.1 Å². The molecule has 0 bridgehead atoms. The molecule has 0 aliphatic heterocycles. The van der Waals surface area contributed by atoms with Crippen molar-refractivity contribution in [1.29, 1.82) is 0 Å². The number of carboxylic acids is 4. The summed E-state index contributed by atoms with van der Waals surface area (Å²) in [4.78, 5) is 80.4. The van der Waals surface area contributed by atoms with Crippen molar-refractivity contribution in [3.63, 3.8) is 0 Å². The highest BCUT2D eigenvalue weighted by molar-refractivity contribution is 7.80. The Labute approximate surface area is 192 Å². The molecule has 16 heteroatoms. The average Bonchev–Trinajstić information content (AvgIpc) is 2.71. The fraction of sp³-hybridized carbons (Fsp3) is 0.588. The number of hydrogen-bond donors (Lipinski definition) is 9. The van der Waals surface area contributed by atoms with Crippen molar-refractivity contribution in [2.45, 2.75) is 56.3 Å². The molecular weight excluding hydrogens is 468 g/mol. The van der Waals surface area contributed by atoms with E-state index >= 15 is 0 Å². The van der Waals surface area contributed by atoms with E-state index in [1.165, 1.54) is 0 Å². The van der Waals surface area contributed by atoms with Gasteiger partial charge in [0.05, 0.1) is 12.5 Å². The lowest BCUT2D eigenvalue weighted by atomic mass is 10.1. The molecule has 4 unspecified atom stereocenters. The van der Waals surface area contributed by atoms with Gasteiger partial charge >= 0.3 is 23.9 Å². The Kier molecular flexibility index (Phi) is 13.1. The molecule has 0 spiro atoms. The molecule has 4 atom stereocenters. The van der Waals surface area contributed by atoms with E-state index < -0.39 is 91.4 Å². The van der Waals surface area contributed by atoms with Gasteiger partial charge in [0.15, 0.2) is 0 Å². The SMILES string of the molecule is NC(CCC(=O)O)C(=O)NC(CS)C(=O)NC(CC(=O)O)C(=O)NC(CCC(=O)O)C(=O)O. The zero-order valence-corrected chi connectivity index (χ0v) is 18.1. The molecule has 0 rings (SSSR count). The number of carbonyl (C=O) groups excluding carboxylic acids is 3. The predicted octanol–water partition coefficient (Wildman–Crippen LogP) is -3.01. The van der Waals surface area contributed by atoms with Gasteiger partial charge in [-0.1, -0.05) is 0 Å². The molecule has 0 aromatic rings. The molecule has 0 aromatic carbocycles. The number of carbonyl (C=O) groups is 7. The topological polar surface area (TPSA) is 263 Å². The van der Waals surface area contributed by atoms with Gasteiger partial charge in [0.25, 0.3) is 0 Å². The van der Waals surface area contributed by atoms with Gasteiger partial charge in [-0.05, 0) is 12.8 Å². The highest BCUT2D eigenvalue weighted by atomic mass is 32.1. The molecule has 0 saturated carbocycles. The number of aliphatic carboxylic acids is 4. The van der Waals surface area contributed by atoms with Crippen molar-refractivity contribution < 1.29 is 54.0 Å². The molecule has 0 aromatic heterocycles. The zero-order chi connectivity index (χ0) is 25.7. The van der Waals surface area contributed by atoms with Crippen LogP contribution in [0, 0.1) is 0 Å². The van der Waals surface area contributed by atoms with Crippen LogP contribution in [0.2, 0.25) is 0 Å². The monoisotopic (exact) mass is 494 g/mol. The van der Waals surface area contributed by atoms with Crippen molar-refractivity contribution in [2.75, 3.05) is 5.75 Å². The molecule has 0 heterocycles. The fourth-order valence-corrected chi connectivity index (χ4v) is 2.59. The summed E-state index contributed by atoms with van der Waals surface area (Å²) < 4.78 is 0. The van der Waals surface area contributed by atoms with Crippen LogP contribution in [0.4, 0.5) is 0 Å². The van der Waals surface area contributed by atoms with Crippen LogP contribution in [0.5, 0.6) is 0 Å². The maximum Gasteiger partial charge on any atom is 0.326 e. The van der Waals surface area contributed by atoms with E-state index in [1.54, 1.807) is 0 Å². The Balaban J connectivity index is 5.26. The number of nitrogens with one attached hydrogen (secondary N) is 3. The molecule has 15 nitrogen and oxygen atoms in total. The maximum absolute atomic E-state index is 12.5. The molecule has 33 heavy (non-hydrogen) atoms. The Bertz CT molecular complexity index is 776. The number of rotatable bonds is 16. The second-order valence-corrected chi connectivity index (χ2v) is 7.14. The van der Waals surface area contributed by atoms with Crippen molar-refractivity contribution in [1.82, 2.24) is 16.0 Å². The second kappa shape index (κ2) is 14.6. The molecule has 9 N–H and O–H groups in total. The predicted molar refractivity (Wildman–Crippen MR) is 111 cm³/mol. The van der Waals surface area contributed by atoms with Crippen LogP contribution < -0.4 is 21.7 Å². The van der Waals surface area contributed by atoms with Crippen LogP contribution in [0.25, 0.3) is 0 Å². The summed E-state index contributed by atoms with van der Waals surface area (Å²) in [6.07, 6.45) is -2.66. The smallest absolute Gasteiger partial charge is 0.326 e. The minimum absolute atomic E-state index is 0.223. The molecular formula is C17H26N4O11S. The van der Waals surface area contributed by atoms with Crippen molar-refractivity contribution >= 4 is 54.2 Å². The number of thiol groups is 1. The first-order valence-electron chi connectivity index (χ1n) is 9.44. The number of carboxylic acid groups (broad SMARTS) is 4. The van der Waals surface area contributed by atoms with Gasteiger partial charge in [0, 0.05) is 18.6 Å². The number of nitrogens with two attached hydrogens (primary N) is 1. The quantitative estimate of drug-likeness (QED) is 0.0971. The van der Waals surface area contributed by atoms with E-state index in [0.717, 1.165) is 0 Å². The third kappa shape index (κ3) is 12.3. The van der Waals surface area contributed by atoms with Crippen molar-refractivity contribution in [3.8, 4) is 0 Å². The Morgan fingerprint density at radius 3 is 1.58 bits per heavy atom. The fourth-order valence-electron chi connectivity index (χ4n) is 2.34. The third-order valence-corrected chi connectivity index (χ3v) is 4.46. The van der Waals surface area contributed by atoms with E-state index in [2.05, 4.69) is 23.3 Å². The average molecular weight is 494 g/mol. The van der Waals surface area contributed by atoms with Crippen LogP contribution in [-0.2, 0) is 33.6 Å². The lowest BCUT2D eigenvalue weighted by Crippen LogP contribution is -2.58. The Morgan fingerprint density at radius 2 is 1.12 bits per heavy atom. The molecule has 0 aliphatic carbocycles. The Morgan fingerprint density at radius 1 is 0.667 bits per heavy atom. The highest BCUT2D eigenvalue weighted by Crippen LogP contribution is 2.03. The zero-order valence-electron chi connectivity index (χ0n) is 17.2. The van der Waals surface area contributed by atoms with Gasteiger partial charge in [-0.25, -0.2) is 4.79 Å². The van der Waals surface area contributed by atoms with E-state index in [9.17, 15) is 33.6 Å². The minimum Gasteiger partial charge on any atom is -0.481 e. The summed E-state index contributed by atoms with van der Waals surface area (Å²) >= 11 is 3.90. The van der Waals surface area contributed by atoms with Gasteiger partial charge in [-0.3, -0.25) is 28.8 Å². The molecule has 186 valence electrons. The standard InChI is InChI=1S/C17H26N4O11S/c18-7(1-3-11(22)23)14(28)21-10(6-33)16(30)20-9(5-13(26)27)15(29)19-8(17(31)32)2-4-12(24)25/h7-10,33H,1-6,18H2,(H,19,29)(H,20,30)(H,21,28)(H,22,23)(H,24,25)(H,26,27)(H,31,32). The van der Waals surface area contributed by atoms with Crippen LogP contribution >= 0.6 is 12.6 Å². The summed E-state index contributed by atoms with van der Waals surface area (Å²) in [7, 11) is 0. The van der Waals surface area contributed by atoms with Crippen LogP contribution in [0.15, 0.2) is 0 Å². The minimum atomic E-state index is -1.76. The van der Waals surface area contributed by atoms with Gasteiger partial charge in [0.2, 0.25) is 17.7 Å². The van der Waals surface area contributed by atoms with Gasteiger partial charge in [-0.2, -0.15) is 12.6 Å². The molecule has 0 saturated heterocycles. The van der Waals surface area contributed by atoms with E-state index in [0.29, 0.717) is 0 Å². The maximum atomic E-state index is 12.5. The van der Waals surface area contributed by atoms with Gasteiger partial charge in [-0.15, -0.1) is 0 Å². The van der Waals surface area contributed by atoms with Crippen LogP contribution in [0.3, 0.4) is 0 Å². The second-order valence-electron chi connectivity index (χ2n) is 6.77. The first-order chi connectivity index (χ1) is 15.3. The van der Waals surface area contributed by atoms with Gasteiger partial charge < -0.3 is 42.1 Å². The number of hydrogen-bond acceptors (Lipinski definition) is 9. The molecule has 0 fully saturated rings. The normalized spacial score (nSPS) is 14.1. The highest BCUT2D eigenvalue weighted by Gasteiger charge is 2.31. The lowest BCUT2D eigenvalue weighted by Gasteiger charge is -2.23. The van der Waals surface area contributed by atoms with Crippen molar-refractivity contribution in [3.05, 3.63) is 0 Å². The number of amides is 3. The summed E-state index contributed by atoms with van der Waals surface area (Å²) in [5, 5.41) is 41.6. The van der Waals surface area contributed by atoms with Crippen molar-refractivity contribution in [2.24, 2.45) is 5.73 Å².